The third-order valence-corrected chi connectivity index (χ3v) is 6.56. The van der Waals surface area contributed by atoms with Crippen LogP contribution in [0.15, 0.2) is 64.9 Å². The summed E-state index contributed by atoms with van der Waals surface area (Å²) in [5.74, 6) is -1.84. The molecule has 1 heterocycles. The number of para-hydroxylation sites is 1. The van der Waals surface area contributed by atoms with Crippen molar-refractivity contribution in [2.75, 3.05) is 12.9 Å². The minimum Gasteiger partial charge on any atom is -0.496 e. The highest BCUT2D eigenvalue weighted by molar-refractivity contribution is 7.91. The van der Waals surface area contributed by atoms with Gasteiger partial charge in [-0.05, 0) is 49.2 Å². The van der Waals surface area contributed by atoms with Crippen LogP contribution in [0.25, 0.3) is 11.3 Å². The monoisotopic (exact) mass is 539 g/mol. The molecule has 0 saturated carbocycles. The van der Waals surface area contributed by atoms with E-state index in [1.165, 1.54) is 56.5 Å². The van der Waals surface area contributed by atoms with Gasteiger partial charge in [-0.2, -0.15) is 13.2 Å². The Morgan fingerprint density at radius 1 is 1.05 bits per heavy atom. The molecule has 1 aromatic heterocycles. The van der Waals surface area contributed by atoms with Gasteiger partial charge in [0, 0.05) is 12.0 Å². The molecule has 0 amide bonds. The third-order valence-electron chi connectivity index (χ3n) is 5.00. The summed E-state index contributed by atoms with van der Waals surface area (Å²) in [4.78, 5) is 23.8. The number of hydrogen-bond acceptors (Lipinski definition) is 8. The molecule has 37 heavy (non-hydrogen) atoms. The van der Waals surface area contributed by atoms with E-state index < -0.39 is 50.8 Å². The Labute approximate surface area is 209 Å². The van der Waals surface area contributed by atoms with E-state index >= 15 is 0 Å². The van der Waals surface area contributed by atoms with Crippen LogP contribution in [0.5, 0.6) is 5.75 Å². The van der Waals surface area contributed by atoms with Gasteiger partial charge in [-0.1, -0.05) is 29.4 Å². The van der Waals surface area contributed by atoms with Crippen LogP contribution in [-0.4, -0.2) is 42.9 Å². The van der Waals surface area contributed by atoms with Crippen LogP contribution in [0.2, 0.25) is 0 Å². The maximum atomic E-state index is 13.5. The second-order valence-corrected chi connectivity index (χ2v) is 9.69. The fourth-order valence-electron chi connectivity index (χ4n) is 3.11. The molecule has 2 aromatic carbocycles. The quantitative estimate of drug-likeness (QED) is 0.126. The molecule has 0 spiro atoms. The predicted molar refractivity (Wildman–Crippen MR) is 125 cm³/mol. The highest BCUT2D eigenvalue weighted by Crippen LogP contribution is 2.34. The predicted octanol–water partition coefficient (Wildman–Crippen LogP) is 4.83. The number of nitrogens with zero attached hydrogens (tertiary/aromatic N) is 3. The molecule has 0 radical (unpaired) electrons. The van der Waals surface area contributed by atoms with Gasteiger partial charge in [-0.3, -0.25) is 0 Å². The van der Waals surface area contributed by atoms with Crippen molar-refractivity contribution >= 4 is 21.5 Å². The lowest BCUT2D eigenvalue weighted by molar-refractivity contribution is -0.143. The van der Waals surface area contributed by atoms with Gasteiger partial charge >= 0.3 is 12.1 Å². The first-order valence-electron chi connectivity index (χ1n) is 10.7. The number of benzene rings is 2. The first kappa shape index (κ1) is 27.7. The number of alkyl halides is 3. The number of aromatic nitrogens is 2. The van der Waals surface area contributed by atoms with Crippen LogP contribution in [0.3, 0.4) is 0 Å². The van der Waals surface area contributed by atoms with Gasteiger partial charge in [0.25, 0.3) is 0 Å². The molecular formula is C24H21F4N3O5S. The molecule has 0 bridgehead atoms. The van der Waals surface area contributed by atoms with Crippen LogP contribution in [0.1, 0.15) is 31.0 Å². The fraction of sp³-hybridized carbons (Fsp3) is 0.250. The lowest BCUT2D eigenvalue weighted by atomic mass is 10.1. The molecule has 3 rings (SSSR count). The van der Waals surface area contributed by atoms with Gasteiger partial charge in [-0.25, -0.2) is 27.6 Å². The molecule has 0 atom stereocenters. The molecule has 13 heteroatoms. The summed E-state index contributed by atoms with van der Waals surface area (Å²) in [5, 5.41) is 2.60. The molecule has 0 fully saturated rings. The van der Waals surface area contributed by atoms with Gasteiger partial charge in [-0.15, -0.1) is 0 Å². The van der Waals surface area contributed by atoms with Crippen molar-refractivity contribution < 1.29 is 40.3 Å². The summed E-state index contributed by atoms with van der Waals surface area (Å²) in [6, 6.07) is 12.0. The number of carbonyl (C=O) groups excluding carboxylic acids is 1. The minimum absolute atomic E-state index is 0.146. The Morgan fingerprint density at radius 3 is 2.38 bits per heavy atom. The Hall–Kier alpha value is -3.87. The van der Waals surface area contributed by atoms with Crippen molar-refractivity contribution in [1.29, 1.82) is 0 Å². The number of carbonyl (C=O) groups is 1. The van der Waals surface area contributed by atoms with Crippen LogP contribution in [-0.2, 0) is 25.6 Å². The topological polar surface area (TPSA) is 108 Å². The smallest absolute Gasteiger partial charge is 0.433 e. The number of oxime groups is 1. The van der Waals surface area contributed by atoms with E-state index in [1.54, 1.807) is 6.07 Å². The number of hydrogen-bond donors (Lipinski definition) is 0. The van der Waals surface area contributed by atoms with Crippen LogP contribution in [0, 0.1) is 5.82 Å². The van der Waals surface area contributed by atoms with E-state index in [1.807, 2.05) is 0 Å². The Bertz CT molecular complexity index is 1410. The van der Waals surface area contributed by atoms with E-state index in [9.17, 15) is 30.8 Å². The van der Waals surface area contributed by atoms with Gasteiger partial charge in [0.15, 0.2) is 0 Å². The van der Waals surface area contributed by atoms with Gasteiger partial charge < -0.3 is 9.57 Å². The molecule has 196 valence electrons. The molecule has 0 saturated heterocycles. The number of ether oxygens (including phenoxy) is 1. The lowest BCUT2D eigenvalue weighted by Crippen LogP contribution is -2.17. The zero-order valence-corrected chi connectivity index (χ0v) is 20.4. The first-order valence-corrected chi connectivity index (χ1v) is 12.4. The number of methoxy groups -OCH3 is 1. The summed E-state index contributed by atoms with van der Waals surface area (Å²) in [6.45, 7) is 1.52. The van der Waals surface area contributed by atoms with Crippen LogP contribution in [0.4, 0.5) is 17.6 Å². The highest BCUT2D eigenvalue weighted by Gasteiger charge is 2.35. The summed E-state index contributed by atoms with van der Waals surface area (Å²) in [5.41, 5.74) is -0.797. The second-order valence-electron chi connectivity index (χ2n) is 7.69. The molecule has 8 nitrogen and oxygen atoms in total. The van der Waals surface area contributed by atoms with E-state index in [4.69, 9.17) is 9.57 Å². The summed E-state index contributed by atoms with van der Waals surface area (Å²) < 4.78 is 84.1. The first-order chi connectivity index (χ1) is 17.4. The van der Waals surface area contributed by atoms with E-state index in [2.05, 4.69) is 15.1 Å². The zero-order chi connectivity index (χ0) is 27.2. The Balaban J connectivity index is 1.74. The second kappa shape index (κ2) is 11.5. The van der Waals surface area contributed by atoms with E-state index in [0.717, 1.165) is 0 Å². The average molecular weight is 540 g/mol. The lowest BCUT2D eigenvalue weighted by Gasteiger charge is -2.13. The average Bonchev–Trinajstić information content (AvgIpc) is 2.86. The molecular weight excluding hydrogens is 518 g/mol. The summed E-state index contributed by atoms with van der Waals surface area (Å²) in [6.07, 6.45) is -5.61. The highest BCUT2D eigenvalue weighted by atomic mass is 32.2. The molecule has 0 aliphatic rings. The number of sulfone groups is 1. The standard InChI is InChI=1S/C24H21F4N3O5S/c1-15(16-9-11-17(25)12-10-16)31-36-22(32)8-5-13-37(33,34)23-29-19(14-21(30-23)24(26,27)28)18-6-3-4-7-20(18)35-2/h3-4,6-7,9-12,14H,5,8,13H2,1-2H3/b31-15-. The minimum atomic E-state index is -4.94. The summed E-state index contributed by atoms with van der Waals surface area (Å²) in [7, 11) is -3.10. The largest absolute Gasteiger partial charge is 0.496 e. The molecule has 0 N–H and O–H groups in total. The zero-order valence-electron chi connectivity index (χ0n) is 19.6. The Kier molecular flexibility index (Phi) is 8.58. The Morgan fingerprint density at radius 2 is 1.73 bits per heavy atom. The number of halogens is 4. The molecule has 0 aliphatic heterocycles. The molecule has 0 aliphatic carbocycles. The van der Waals surface area contributed by atoms with E-state index in [-0.39, 0.29) is 29.1 Å². The van der Waals surface area contributed by atoms with Crippen LogP contribution < -0.4 is 4.74 Å². The maximum absolute atomic E-state index is 13.5. The SMILES string of the molecule is COc1ccccc1-c1cc(C(F)(F)F)nc(S(=O)(=O)CCCC(=O)O/N=C(/C)c2ccc(F)cc2)n1. The van der Waals surface area contributed by atoms with Crippen molar-refractivity contribution in [2.45, 2.75) is 31.1 Å². The van der Waals surface area contributed by atoms with Crippen molar-refractivity contribution in [2.24, 2.45) is 5.16 Å². The van der Waals surface area contributed by atoms with Gasteiger partial charge in [0.2, 0.25) is 15.0 Å². The van der Waals surface area contributed by atoms with Gasteiger partial charge in [0.05, 0.1) is 24.3 Å². The van der Waals surface area contributed by atoms with Crippen molar-refractivity contribution in [3.63, 3.8) is 0 Å². The number of rotatable bonds is 9. The van der Waals surface area contributed by atoms with Crippen molar-refractivity contribution in [3.8, 4) is 17.0 Å². The molecule has 3 aromatic rings. The van der Waals surface area contributed by atoms with Crippen LogP contribution >= 0.6 is 0 Å². The molecule has 0 unspecified atom stereocenters. The van der Waals surface area contributed by atoms with Crippen molar-refractivity contribution in [3.05, 3.63) is 71.7 Å². The van der Waals surface area contributed by atoms with Crippen molar-refractivity contribution in [1.82, 2.24) is 9.97 Å². The van der Waals surface area contributed by atoms with E-state index in [0.29, 0.717) is 11.6 Å². The maximum Gasteiger partial charge on any atom is 0.433 e. The summed E-state index contributed by atoms with van der Waals surface area (Å²) >= 11 is 0. The third kappa shape index (κ3) is 7.32. The van der Waals surface area contributed by atoms with Gasteiger partial charge in [0.1, 0.15) is 17.3 Å². The normalized spacial score (nSPS) is 12.3. The fourth-order valence-corrected chi connectivity index (χ4v) is 4.29.